The van der Waals surface area contributed by atoms with E-state index in [1.54, 1.807) is 18.2 Å². The molecule has 9 heteroatoms. The molecule has 30 heavy (non-hydrogen) atoms. The number of amides is 2. The van der Waals surface area contributed by atoms with Crippen LogP contribution < -0.4 is 10.6 Å². The highest BCUT2D eigenvalue weighted by Crippen LogP contribution is 2.30. The lowest BCUT2D eigenvalue weighted by Gasteiger charge is -2.19. The monoisotopic (exact) mass is 424 g/mol. The summed E-state index contributed by atoms with van der Waals surface area (Å²) in [5.74, 6) is -0.276. The number of fused-ring (bicyclic) bond motifs is 1. The Morgan fingerprint density at radius 3 is 2.47 bits per heavy atom. The van der Waals surface area contributed by atoms with Gasteiger partial charge in [-0.05, 0) is 43.2 Å². The van der Waals surface area contributed by atoms with Crippen LogP contribution in [0.5, 0.6) is 0 Å². The van der Waals surface area contributed by atoms with Crippen molar-refractivity contribution in [3.05, 3.63) is 58.1 Å². The maximum Gasteiger partial charge on any atom is 0.269 e. The van der Waals surface area contributed by atoms with Gasteiger partial charge in [-0.25, -0.2) is 4.98 Å². The lowest BCUT2D eigenvalue weighted by molar-refractivity contribution is -0.384. The SMILES string of the molecule is O=C(Nc1ccc2nc(NC(=O)C3CCCCC3)sc2c1)c1ccc([N+](=O)[O-])cc1. The maximum absolute atomic E-state index is 12.4. The molecule has 0 bridgehead atoms. The van der Waals surface area contributed by atoms with E-state index in [1.807, 2.05) is 0 Å². The Kier molecular flexibility index (Phi) is 5.71. The van der Waals surface area contributed by atoms with Crippen LogP contribution >= 0.6 is 11.3 Å². The van der Waals surface area contributed by atoms with E-state index in [0.717, 1.165) is 35.9 Å². The van der Waals surface area contributed by atoms with E-state index >= 15 is 0 Å². The molecule has 2 N–H and O–H groups in total. The summed E-state index contributed by atoms with van der Waals surface area (Å²) in [4.78, 5) is 39.5. The Labute approximate surface area is 176 Å². The minimum atomic E-state index is -0.510. The highest BCUT2D eigenvalue weighted by molar-refractivity contribution is 7.22. The van der Waals surface area contributed by atoms with Gasteiger partial charge in [-0.1, -0.05) is 30.6 Å². The Balaban J connectivity index is 1.44. The zero-order valence-corrected chi connectivity index (χ0v) is 16.9. The summed E-state index contributed by atoms with van der Waals surface area (Å²) >= 11 is 1.36. The van der Waals surface area contributed by atoms with Gasteiger partial charge in [0.25, 0.3) is 11.6 Å². The third-order valence-electron chi connectivity index (χ3n) is 5.19. The van der Waals surface area contributed by atoms with Crippen LogP contribution in [-0.4, -0.2) is 21.7 Å². The first kappa shape index (κ1) is 20.0. The Hall–Kier alpha value is -3.33. The number of nitro groups is 1. The average molecular weight is 424 g/mol. The van der Waals surface area contributed by atoms with E-state index < -0.39 is 4.92 Å². The molecule has 1 aliphatic rings. The highest BCUT2D eigenvalue weighted by atomic mass is 32.1. The zero-order valence-electron chi connectivity index (χ0n) is 16.1. The van der Waals surface area contributed by atoms with E-state index in [-0.39, 0.29) is 23.4 Å². The van der Waals surface area contributed by atoms with Gasteiger partial charge in [0.15, 0.2) is 5.13 Å². The fraction of sp³-hybridized carbons (Fsp3) is 0.286. The van der Waals surface area contributed by atoms with Crippen molar-refractivity contribution in [1.29, 1.82) is 0 Å². The lowest BCUT2D eigenvalue weighted by atomic mass is 9.89. The number of benzene rings is 2. The molecule has 0 unspecified atom stereocenters. The van der Waals surface area contributed by atoms with E-state index in [9.17, 15) is 19.7 Å². The molecule has 2 aromatic carbocycles. The van der Waals surface area contributed by atoms with Gasteiger partial charge in [-0.2, -0.15) is 0 Å². The molecule has 3 aromatic rings. The van der Waals surface area contributed by atoms with Crippen LogP contribution in [0.25, 0.3) is 10.2 Å². The second-order valence-corrected chi connectivity index (χ2v) is 8.31. The molecule has 4 rings (SSSR count). The standard InChI is InChI=1S/C21H20N4O4S/c26-19(14-6-9-16(10-7-14)25(28)29)22-15-8-11-17-18(12-15)30-21(23-17)24-20(27)13-4-2-1-3-5-13/h6-13H,1-5H2,(H,22,26)(H,23,24,27). The number of nitrogens with one attached hydrogen (secondary N) is 2. The van der Waals surface area contributed by atoms with Gasteiger partial charge in [0.05, 0.1) is 15.1 Å². The molecule has 0 saturated heterocycles. The first-order valence-corrected chi connectivity index (χ1v) is 10.6. The van der Waals surface area contributed by atoms with E-state index in [2.05, 4.69) is 15.6 Å². The van der Waals surface area contributed by atoms with Gasteiger partial charge < -0.3 is 10.6 Å². The highest BCUT2D eigenvalue weighted by Gasteiger charge is 2.22. The molecule has 0 atom stereocenters. The van der Waals surface area contributed by atoms with E-state index in [4.69, 9.17) is 0 Å². The average Bonchev–Trinajstić information content (AvgIpc) is 3.15. The van der Waals surface area contributed by atoms with Crippen molar-refractivity contribution in [3.63, 3.8) is 0 Å². The summed E-state index contributed by atoms with van der Waals surface area (Å²) in [6, 6.07) is 10.7. The predicted octanol–water partition coefficient (Wildman–Crippen LogP) is 4.98. The Morgan fingerprint density at radius 2 is 1.77 bits per heavy atom. The first-order chi connectivity index (χ1) is 14.5. The quantitative estimate of drug-likeness (QED) is 0.443. The van der Waals surface area contributed by atoms with Gasteiger partial charge in [-0.3, -0.25) is 19.7 Å². The van der Waals surface area contributed by atoms with Crippen molar-refractivity contribution in [1.82, 2.24) is 4.98 Å². The second kappa shape index (κ2) is 8.58. The Bertz CT molecular complexity index is 1100. The number of aromatic nitrogens is 1. The number of nitrogens with zero attached hydrogens (tertiary/aromatic N) is 2. The minimum absolute atomic E-state index is 0.0282. The largest absolute Gasteiger partial charge is 0.322 e. The number of carbonyl (C=O) groups is 2. The van der Waals surface area contributed by atoms with Crippen LogP contribution in [0.2, 0.25) is 0 Å². The molecule has 1 saturated carbocycles. The van der Waals surface area contributed by atoms with Crippen LogP contribution in [0.4, 0.5) is 16.5 Å². The minimum Gasteiger partial charge on any atom is -0.322 e. The fourth-order valence-corrected chi connectivity index (χ4v) is 4.47. The smallest absolute Gasteiger partial charge is 0.269 e. The number of hydrogen-bond donors (Lipinski definition) is 2. The molecule has 0 aliphatic heterocycles. The molecule has 0 radical (unpaired) electrons. The van der Waals surface area contributed by atoms with Crippen molar-refractivity contribution in [2.45, 2.75) is 32.1 Å². The van der Waals surface area contributed by atoms with Crippen molar-refractivity contribution in [2.75, 3.05) is 10.6 Å². The summed E-state index contributed by atoms with van der Waals surface area (Å²) in [6.07, 6.45) is 5.23. The van der Waals surface area contributed by atoms with Crippen molar-refractivity contribution in [2.24, 2.45) is 5.92 Å². The molecule has 8 nitrogen and oxygen atoms in total. The summed E-state index contributed by atoms with van der Waals surface area (Å²) in [5.41, 5.74) is 1.58. The molecular weight excluding hydrogens is 404 g/mol. The normalized spacial score (nSPS) is 14.4. The number of thiazole rings is 1. The predicted molar refractivity (Wildman–Crippen MR) is 116 cm³/mol. The summed E-state index contributed by atoms with van der Waals surface area (Å²) in [7, 11) is 0. The van der Waals surface area contributed by atoms with Gasteiger partial charge in [-0.15, -0.1) is 0 Å². The number of nitro benzene ring substituents is 1. The molecule has 2 amide bonds. The van der Waals surface area contributed by atoms with Crippen LogP contribution in [0.3, 0.4) is 0 Å². The molecule has 1 fully saturated rings. The zero-order chi connectivity index (χ0) is 21.1. The van der Waals surface area contributed by atoms with Gasteiger partial charge in [0, 0.05) is 29.3 Å². The van der Waals surface area contributed by atoms with E-state index in [1.165, 1.54) is 42.0 Å². The second-order valence-electron chi connectivity index (χ2n) is 7.28. The molecular formula is C21H20N4O4S. The van der Waals surface area contributed by atoms with Gasteiger partial charge in [0.1, 0.15) is 0 Å². The van der Waals surface area contributed by atoms with Crippen LogP contribution in [0.15, 0.2) is 42.5 Å². The maximum atomic E-state index is 12.4. The molecule has 154 valence electrons. The molecule has 1 aliphatic carbocycles. The number of non-ortho nitro benzene ring substituents is 1. The number of hydrogen-bond acceptors (Lipinski definition) is 6. The van der Waals surface area contributed by atoms with Crippen molar-refractivity contribution in [3.8, 4) is 0 Å². The molecule has 0 spiro atoms. The molecule has 1 aromatic heterocycles. The number of carbonyl (C=O) groups excluding carboxylic acids is 2. The molecule has 1 heterocycles. The summed E-state index contributed by atoms with van der Waals surface area (Å²) < 4.78 is 0.843. The lowest BCUT2D eigenvalue weighted by Crippen LogP contribution is -2.24. The van der Waals surface area contributed by atoms with Crippen molar-refractivity contribution < 1.29 is 14.5 Å². The number of anilines is 2. The third kappa shape index (κ3) is 4.46. The van der Waals surface area contributed by atoms with Crippen LogP contribution in [-0.2, 0) is 4.79 Å². The summed E-state index contributed by atoms with van der Waals surface area (Å²) in [5, 5.41) is 17.0. The third-order valence-corrected chi connectivity index (χ3v) is 6.13. The fourth-order valence-electron chi connectivity index (χ4n) is 3.57. The first-order valence-electron chi connectivity index (χ1n) is 9.77. The van der Waals surface area contributed by atoms with Gasteiger partial charge >= 0.3 is 0 Å². The summed E-state index contributed by atoms with van der Waals surface area (Å²) in [6.45, 7) is 0. The van der Waals surface area contributed by atoms with Crippen molar-refractivity contribution >= 4 is 49.9 Å². The van der Waals surface area contributed by atoms with Crippen LogP contribution in [0.1, 0.15) is 42.5 Å². The van der Waals surface area contributed by atoms with Gasteiger partial charge in [0.2, 0.25) is 5.91 Å². The number of rotatable bonds is 5. The van der Waals surface area contributed by atoms with E-state index in [0.29, 0.717) is 16.4 Å². The topological polar surface area (TPSA) is 114 Å². The van der Waals surface area contributed by atoms with Crippen LogP contribution in [0, 0.1) is 16.0 Å². The Morgan fingerprint density at radius 1 is 1.03 bits per heavy atom.